The standard InChI is InChI=1S/C29H22N4O4/c34-26(20-11-8-16-30-18-20)31-23-14-6-7-15-24(23)32-27(35)25(17-19-9-2-1-3-10-19)33-28(36)21-12-4-5-13-22(21)29(33)37/h1-16,18,25H,17H2,(H,31,34)(H,32,35). The number of rotatable bonds is 7. The summed E-state index contributed by atoms with van der Waals surface area (Å²) in [6.45, 7) is 0. The van der Waals surface area contributed by atoms with E-state index in [-0.39, 0.29) is 17.5 Å². The molecule has 1 atom stereocenters. The molecule has 0 saturated heterocycles. The van der Waals surface area contributed by atoms with Crippen LogP contribution in [0.25, 0.3) is 0 Å². The Labute approximate surface area is 213 Å². The topological polar surface area (TPSA) is 108 Å². The molecule has 4 aromatic rings. The molecule has 4 amide bonds. The maximum Gasteiger partial charge on any atom is 0.262 e. The average Bonchev–Trinajstić information content (AvgIpc) is 3.19. The average molecular weight is 491 g/mol. The quantitative estimate of drug-likeness (QED) is 0.378. The van der Waals surface area contributed by atoms with Crippen LogP contribution in [-0.2, 0) is 11.2 Å². The van der Waals surface area contributed by atoms with Crippen molar-refractivity contribution in [1.82, 2.24) is 9.88 Å². The number of fused-ring (bicyclic) bond motifs is 1. The highest BCUT2D eigenvalue weighted by Crippen LogP contribution is 2.28. The summed E-state index contributed by atoms with van der Waals surface area (Å²) in [7, 11) is 0. The molecule has 8 heteroatoms. The van der Waals surface area contributed by atoms with E-state index in [4.69, 9.17) is 0 Å². The summed E-state index contributed by atoms with van der Waals surface area (Å²) < 4.78 is 0. The van der Waals surface area contributed by atoms with Crippen LogP contribution in [0.5, 0.6) is 0 Å². The van der Waals surface area contributed by atoms with Crippen LogP contribution in [0.4, 0.5) is 11.4 Å². The zero-order valence-corrected chi connectivity index (χ0v) is 19.6. The van der Waals surface area contributed by atoms with Crippen molar-refractivity contribution >= 4 is 35.0 Å². The van der Waals surface area contributed by atoms with Crippen LogP contribution in [0.1, 0.15) is 36.6 Å². The first-order valence-electron chi connectivity index (χ1n) is 11.6. The van der Waals surface area contributed by atoms with Crippen molar-refractivity contribution in [1.29, 1.82) is 0 Å². The van der Waals surface area contributed by atoms with E-state index in [2.05, 4.69) is 15.6 Å². The lowest BCUT2D eigenvalue weighted by atomic mass is 10.0. The maximum absolute atomic E-state index is 13.7. The third-order valence-corrected chi connectivity index (χ3v) is 6.07. The van der Waals surface area contributed by atoms with Crippen LogP contribution in [0.2, 0.25) is 0 Å². The highest BCUT2D eigenvalue weighted by atomic mass is 16.2. The van der Waals surface area contributed by atoms with Crippen molar-refractivity contribution in [3.05, 3.63) is 126 Å². The van der Waals surface area contributed by atoms with E-state index in [9.17, 15) is 19.2 Å². The first-order chi connectivity index (χ1) is 18.0. The van der Waals surface area contributed by atoms with Gasteiger partial charge in [0, 0.05) is 18.8 Å². The normalized spacial score (nSPS) is 13.1. The summed E-state index contributed by atoms with van der Waals surface area (Å²) in [4.78, 5) is 57.8. The van der Waals surface area contributed by atoms with Crippen LogP contribution in [0, 0.1) is 0 Å². The summed E-state index contributed by atoms with van der Waals surface area (Å²) in [5.74, 6) is -1.98. The second-order valence-corrected chi connectivity index (χ2v) is 8.46. The summed E-state index contributed by atoms with van der Waals surface area (Å²) in [5.41, 5.74) is 2.38. The largest absolute Gasteiger partial charge is 0.322 e. The third-order valence-electron chi connectivity index (χ3n) is 6.07. The van der Waals surface area contributed by atoms with Crippen molar-refractivity contribution in [2.45, 2.75) is 12.5 Å². The minimum atomic E-state index is -1.11. The Bertz CT molecular complexity index is 1450. The maximum atomic E-state index is 13.7. The highest BCUT2D eigenvalue weighted by Gasteiger charge is 2.42. The van der Waals surface area contributed by atoms with E-state index in [1.165, 1.54) is 6.20 Å². The van der Waals surface area contributed by atoms with Crippen LogP contribution in [0.3, 0.4) is 0 Å². The van der Waals surface area contributed by atoms with E-state index < -0.39 is 29.7 Å². The Kier molecular flexibility index (Phi) is 6.54. The Morgan fingerprint density at radius 1 is 0.730 bits per heavy atom. The molecule has 37 heavy (non-hydrogen) atoms. The molecule has 8 nitrogen and oxygen atoms in total. The number of aromatic nitrogens is 1. The number of anilines is 2. The van der Waals surface area contributed by atoms with Crippen LogP contribution < -0.4 is 10.6 Å². The van der Waals surface area contributed by atoms with Gasteiger partial charge in [0.1, 0.15) is 6.04 Å². The number of hydrogen-bond acceptors (Lipinski definition) is 5. The molecular weight excluding hydrogens is 468 g/mol. The predicted octanol–water partition coefficient (Wildman–Crippen LogP) is 4.18. The fraction of sp³-hybridized carbons (Fsp3) is 0.0690. The zero-order valence-electron chi connectivity index (χ0n) is 19.6. The minimum absolute atomic E-state index is 0.127. The molecule has 0 fully saturated rings. The number of carbonyl (C=O) groups excluding carboxylic acids is 4. The lowest BCUT2D eigenvalue weighted by molar-refractivity contribution is -0.119. The molecule has 0 radical (unpaired) electrons. The smallest absolute Gasteiger partial charge is 0.262 e. The number of carbonyl (C=O) groups is 4. The van der Waals surface area contributed by atoms with E-state index in [0.29, 0.717) is 16.9 Å². The second-order valence-electron chi connectivity index (χ2n) is 8.46. The number of nitrogens with zero attached hydrogens (tertiary/aromatic N) is 2. The molecule has 182 valence electrons. The predicted molar refractivity (Wildman–Crippen MR) is 138 cm³/mol. The molecule has 2 N–H and O–H groups in total. The van der Waals surface area contributed by atoms with Gasteiger partial charge in [-0.3, -0.25) is 29.1 Å². The van der Waals surface area contributed by atoms with Crippen molar-refractivity contribution in [2.75, 3.05) is 10.6 Å². The molecule has 1 aliphatic heterocycles. The van der Waals surface area contributed by atoms with Crippen molar-refractivity contribution < 1.29 is 19.2 Å². The van der Waals surface area contributed by atoms with Gasteiger partial charge in [0.15, 0.2) is 0 Å². The molecule has 0 aliphatic carbocycles. The highest BCUT2D eigenvalue weighted by molar-refractivity contribution is 6.23. The molecule has 3 aromatic carbocycles. The lowest BCUT2D eigenvalue weighted by Crippen LogP contribution is -2.48. The van der Waals surface area contributed by atoms with E-state index in [1.807, 2.05) is 30.3 Å². The van der Waals surface area contributed by atoms with Crippen molar-refractivity contribution in [2.24, 2.45) is 0 Å². The Hall–Kier alpha value is -5.11. The van der Waals surface area contributed by atoms with Gasteiger partial charge < -0.3 is 10.6 Å². The van der Waals surface area contributed by atoms with Gasteiger partial charge >= 0.3 is 0 Å². The number of para-hydroxylation sites is 2. The second kappa shape index (κ2) is 10.2. The van der Waals surface area contributed by atoms with Gasteiger partial charge in [-0.05, 0) is 42.0 Å². The monoisotopic (exact) mass is 490 g/mol. The third kappa shape index (κ3) is 4.85. The number of pyridine rings is 1. The zero-order chi connectivity index (χ0) is 25.8. The minimum Gasteiger partial charge on any atom is -0.322 e. The fourth-order valence-corrected chi connectivity index (χ4v) is 4.24. The number of amides is 4. The van der Waals surface area contributed by atoms with Gasteiger partial charge in [-0.15, -0.1) is 0 Å². The first-order valence-corrected chi connectivity index (χ1v) is 11.6. The summed E-state index contributed by atoms with van der Waals surface area (Å²) in [6.07, 6.45) is 3.13. The van der Waals surface area contributed by atoms with Gasteiger partial charge in [0.05, 0.1) is 28.1 Å². The van der Waals surface area contributed by atoms with Crippen LogP contribution in [-0.4, -0.2) is 39.6 Å². The van der Waals surface area contributed by atoms with E-state index in [0.717, 1.165) is 10.5 Å². The van der Waals surface area contributed by atoms with Gasteiger partial charge in [0.25, 0.3) is 17.7 Å². The molecular formula is C29H22N4O4. The molecule has 1 aliphatic rings. The van der Waals surface area contributed by atoms with Crippen LogP contribution in [0.15, 0.2) is 103 Å². The van der Waals surface area contributed by atoms with Gasteiger partial charge in [0.2, 0.25) is 5.91 Å². The first kappa shape index (κ1) is 23.6. The van der Waals surface area contributed by atoms with Gasteiger partial charge in [-0.25, -0.2) is 0 Å². The molecule has 1 unspecified atom stereocenters. The Morgan fingerprint density at radius 2 is 1.32 bits per heavy atom. The molecule has 2 heterocycles. The number of hydrogen-bond donors (Lipinski definition) is 2. The molecule has 0 bridgehead atoms. The molecule has 5 rings (SSSR count). The lowest BCUT2D eigenvalue weighted by Gasteiger charge is -2.26. The van der Waals surface area contributed by atoms with Crippen molar-refractivity contribution in [3.63, 3.8) is 0 Å². The SMILES string of the molecule is O=C(Nc1ccccc1NC(=O)C(Cc1ccccc1)N1C(=O)c2ccccc2C1=O)c1cccnc1. The van der Waals surface area contributed by atoms with Gasteiger partial charge in [-0.2, -0.15) is 0 Å². The summed E-state index contributed by atoms with van der Waals surface area (Å²) in [5, 5.41) is 5.60. The van der Waals surface area contributed by atoms with Crippen molar-refractivity contribution in [3.8, 4) is 0 Å². The summed E-state index contributed by atoms with van der Waals surface area (Å²) in [6, 6.07) is 24.6. The number of imide groups is 1. The number of nitrogens with one attached hydrogen (secondary N) is 2. The van der Waals surface area contributed by atoms with E-state index >= 15 is 0 Å². The van der Waals surface area contributed by atoms with Gasteiger partial charge in [-0.1, -0.05) is 54.6 Å². The van der Waals surface area contributed by atoms with Crippen LogP contribution >= 0.6 is 0 Å². The van der Waals surface area contributed by atoms with E-state index in [1.54, 1.807) is 66.9 Å². The Morgan fingerprint density at radius 3 is 1.95 bits per heavy atom. The summed E-state index contributed by atoms with van der Waals surface area (Å²) >= 11 is 0. The molecule has 0 spiro atoms. The number of benzene rings is 3. The molecule has 0 saturated carbocycles. The fourth-order valence-electron chi connectivity index (χ4n) is 4.24. The molecule has 1 aromatic heterocycles. The Balaban J connectivity index is 1.44.